The number of thioether (sulfide) groups is 1. The molecule has 5 heteroatoms. The average Bonchev–Trinajstić information content (AvgIpc) is 2.75. The van der Waals surface area contributed by atoms with E-state index in [4.69, 9.17) is 4.74 Å². The van der Waals surface area contributed by atoms with Gasteiger partial charge in [0.25, 0.3) is 0 Å². The van der Waals surface area contributed by atoms with Crippen LogP contribution in [0.1, 0.15) is 12.8 Å². The monoisotopic (exact) mass is 241 g/mol. The van der Waals surface area contributed by atoms with Gasteiger partial charge in [0, 0.05) is 31.2 Å². The van der Waals surface area contributed by atoms with Crippen molar-refractivity contribution in [2.45, 2.75) is 25.4 Å². The molecule has 1 aromatic rings. The Hall–Kier alpha value is -0.680. The first-order chi connectivity index (χ1) is 7.88. The molecule has 1 fully saturated rings. The van der Waals surface area contributed by atoms with Gasteiger partial charge in [-0.3, -0.25) is 4.68 Å². The summed E-state index contributed by atoms with van der Waals surface area (Å²) >= 11 is 2.03. The number of ether oxygens (including phenoxy) is 1. The third kappa shape index (κ3) is 3.42. The standard InChI is InChI=1S/C11H19N3OS/c1-15-7-6-14-5-4-11(13-14)12-10-3-2-8-16-9-10/h4-5,10H,2-3,6-9H2,1H3,(H,12,13). The van der Waals surface area contributed by atoms with Crippen LogP contribution in [0.2, 0.25) is 0 Å². The van der Waals surface area contributed by atoms with Crippen LogP contribution >= 0.6 is 11.8 Å². The van der Waals surface area contributed by atoms with E-state index in [1.165, 1.54) is 24.3 Å². The second-order valence-corrected chi connectivity index (χ2v) is 5.17. The second-order valence-electron chi connectivity index (χ2n) is 4.02. The topological polar surface area (TPSA) is 39.1 Å². The van der Waals surface area contributed by atoms with Gasteiger partial charge in [-0.05, 0) is 18.6 Å². The quantitative estimate of drug-likeness (QED) is 0.854. The Morgan fingerprint density at radius 1 is 1.69 bits per heavy atom. The molecule has 90 valence electrons. The van der Waals surface area contributed by atoms with Crippen LogP contribution in [0.5, 0.6) is 0 Å². The van der Waals surface area contributed by atoms with Crippen LogP contribution in [0.3, 0.4) is 0 Å². The van der Waals surface area contributed by atoms with E-state index < -0.39 is 0 Å². The van der Waals surface area contributed by atoms with Gasteiger partial charge in [0.05, 0.1) is 13.2 Å². The Labute approximate surface area is 101 Å². The highest BCUT2D eigenvalue weighted by atomic mass is 32.2. The van der Waals surface area contributed by atoms with Gasteiger partial charge in [-0.15, -0.1) is 0 Å². The molecule has 1 saturated heterocycles. The summed E-state index contributed by atoms with van der Waals surface area (Å²) in [5.41, 5.74) is 0. The van der Waals surface area contributed by atoms with E-state index >= 15 is 0 Å². The predicted octanol–water partition coefficient (Wildman–Crippen LogP) is 1.84. The number of hydrogen-bond acceptors (Lipinski definition) is 4. The number of aromatic nitrogens is 2. The molecule has 2 rings (SSSR count). The van der Waals surface area contributed by atoms with Crippen LogP contribution in [-0.2, 0) is 11.3 Å². The fourth-order valence-corrected chi connectivity index (χ4v) is 2.88. The zero-order chi connectivity index (χ0) is 11.2. The third-order valence-electron chi connectivity index (χ3n) is 2.68. The Morgan fingerprint density at radius 2 is 2.62 bits per heavy atom. The van der Waals surface area contributed by atoms with Crippen LogP contribution in [0, 0.1) is 0 Å². The molecule has 4 nitrogen and oxygen atoms in total. The number of nitrogens with one attached hydrogen (secondary N) is 1. The number of methoxy groups -OCH3 is 1. The lowest BCUT2D eigenvalue weighted by Gasteiger charge is -2.22. The van der Waals surface area contributed by atoms with Crippen LogP contribution in [0.15, 0.2) is 12.3 Å². The van der Waals surface area contributed by atoms with E-state index in [9.17, 15) is 0 Å². The minimum atomic E-state index is 0.588. The van der Waals surface area contributed by atoms with Crippen LogP contribution < -0.4 is 5.32 Å². The van der Waals surface area contributed by atoms with Crippen LogP contribution in [-0.4, -0.2) is 41.0 Å². The molecule has 1 aromatic heterocycles. The Kier molecular flexibility index (Phi) is 4.54. The Morgan fingerprint density at radius 3 is 3.38 bits per heavy atom. The first-order valence-electron chi connectivity index (χ1n) is 5.75. The highest BCUT2D eigenvalue weighted by Gasteiger charge is 2.14. The molecular weight excluding hydrogens is 222 g/mol. The zero-order valence-electron chi connectivity index (χ0n) is 9.69. The van der Waals surface area contributed by atoms with Crippen LogP contribution in [0.25, 0.3) is 0 Å². The van der Waals surface area contributed by atoms with Crippen molar-refractivity contribution in [1.29, 1.82) is 0 Å². The van der Waals surface area contributed by atoms with Gasteiger partial charge >= 0.3 is 0 Å². The van der Waals surface area contributed by atoms with Crippen molar-refractivity contribution < 1.29 is 4.74 Å². The number of hydrogen-bond donors (Lipinski definition) is 1. The first kappa shape index (κ1) is 11.8. The second kappa shape index (κ2) is 6.15. The van der Waals surface area contributed by atoms with Gasteiger partial charge in [-0.2, -0.15) is 16.9 Å². The molecule has 1 aliphatic heterocycles. The maximum absolute atomic E-state index is 5.02. The summed E-state index contributed by atoms with van der Waals surface area (Å²) in [7, 11) is 1.71. The number of rotatable bonds is 5. The van der Waals surface area contributed by atoms with E-state index in [0.29, 0.717) is 12.6 Å². The fourth-order valence-electron chi connectivity index (χ4n) is 1.81. The van der Waals surface area contributed by atoms with Crippen molar-refractivity contribution in [3.63, 3.8) is 0 Å². The lowest BCUT2D eigenvalue weighted by atomic mass is 10.2. The van der Waals surface area contributed by atoms with E-state index in [1.54, 1.807) is 7.11 Å². The fraction of sp³-hybridized carbons (Fsp3) is 0.727. The summed E-state index contributed by atoms with van der Waals surface area (Å²) in [5.74, 6) is 3.49. The SMILES string of the molecule is COCCn1ccc(NC2CCCSC2)n1. The van der Waals surface area contributed by atoms with Crippen molar-refractivity contribution in [2.75, 3.05) is 30.5 Å². The molecule has 1 atom stereocenters. The minimum Gasteiger partial charge on any atom is -0.383 e. The Bertz CT molecular complexity index is 310. The van der Waals surface area contributed by atoms with Crippen molar-refractivity contribution in [2.24, 2.45) is 0 Å². The molecule has 2 heterocycles. The minimum absolute atomic E-state index is 0.588. The predicted molar refractivity (Wildman–Crippen MR) is 68.1 cm³/mol. The highest BCUT2D eigenvalue weighted by molar-refractivity contribution is 7.99. The molecule has 0 saturated carbocycles. The number of anilines is 1. The van der Waals surface area contributed by atoms with E-state index in [0.717, 1.165) is 12.4 Å². The first-order valence-corrected chi connectivity index (χ1v) is 6.90. The van der Waals surface area contributed by atoms with Gasteiger partial charge in [0.2, 0.25) is 0 Å². The molecule has 16 heavy (non-hydrogen) atoms. The molecule has 1 aliphatic rings. The van der Waals surface area contributed by atoms with Crippen molar-refractivity contribution >= 4 is 17.6 Å². The molecule has 1 N–H and O–H groups in total. The van der Waals surface area contributed by atoms with Gasteiger partial charge < -0.3 is 10.1 Å². The third-order valence-corrected chi connectivity index (χ3v) is 3.89. The van der Waals surface area contributed by atoms with Gasteiger partial charge in [0.1, 0.15) is 5.82 Å². The summed E-state index contributed by atoms with van der Waals surface area (Å²) in [6.07, 6.45) is 4.57. The van der Waals surface area contributed by atoms with Gasteiger partial charge in [0.15, 0.2) is 0 Å². The molecule has 0 spiro atoms. The summed E-state index contributed by atoms with van der Waals surface area (Å²) in [4.78, 5) is 0. The molecular formula is C11H19N3OS. The maximum Gasteiger partial charge on any atom is 0.148 e. The zero-order valence-corrected chi connectivity index (χ0v) is 10.5. The van der Waals surface area contributed by atoms with Crippen molar-refractivity contribution in [3.8, 4) is 0 Å². The molecule has 0 radical (unpaired) electrons. The normalized spacial score (nSPS) is 20.9. The molecule has 0 aromatic carbocycles. The highest BCUT2D eigenvalue weighted by Crippen LogP contribution is 2.19. The average molecular weight is 241 g/mol. The molecule has 0 aliphatic carbocycles. The van der Waals surface area contributed by atoms with Gasteiger partial charge in [-0.1, -0.05) is 0 Å². The largest absolute Gasteiger partial charge is 0.383 e. The maximum atomic E-state index is 5.02. The summed E-state index contributed by atoms with van der Waals surface area (Å²) in [6, 6.07) is 2.62. The Balaban J connectivity index is 1.81. The molecule has 0 amide bonds. The van der Waals surface area contributed by atoms with E-state index in [2.05, 4.69) is 10.4 Å². The summed E-state index contributed by atoms with van der Waals surface area (Å²) in [6.45, 7) is 1.53. The van der Waals surface area contributed by atoms with Crippen molar-refractivity contribution in [1.82, 2.24) is 9.78 Å². The molecule has 0 bridgehead atoms. The molecule has 1 unspecified atom stereocenters. The van der Waals surface area contributed by atoms with E-state index in [1.807, 2.05) is 28.7 Å². The summed E-state index contributed by atoms with van der Waals surface area (Å²) < 4.78 is 6.94. The lowest BCUT2D eigenvalue weighted by molar-refractivity contribution is 0.183. The summed E-state index contributed by atoms with van der Waals surface area (Å²) in [5, 5.41) is 7.94. The van der Waals surface area contributed by atoms with Gasteiger partial charge in [-0.25, -0.2) is 0 Å². The lowest BCUT2D eigenvalue weighted by Crippen LogP contribution is -2.26. The van der Waals surface area contributed by atoms with Crippen molar-refractivity contribution in [3.05, 3.63) is 12.3 Å². The number of nitrogens with zero attached hydrogens (tertiary/aromatic N) is 2. The van der Waals surface area contributed by atoms with Crippen LogP contribution in [0.4, 0.5) is 5.82 Å². The van der Waals surface area contributed by atoms with E-state index in [-0.39, 0.29) is 0 Å². The smallest absolute Gasteiger partial charge is 0.148 e.